The summed E-state index contributed by atoms with van der Waals surface area (Å²) in [6, 6.07) is -0.660. The highest BCUT2D eigenvalue weighted by molar-refractivity contribution is 5.62. The van der Waals surface area contributed by atoms with Crippen LogP contribution in [0.25, 0.3) is 0 Å². The van der Waals surface area contributed by atoms with Crippen molar-refractivity contribution in [3.63, 3.8) is 0 Å². The van der Waals surface area contributed by atoms with Gasteiger partial charge in [-0.1, -0.05) is 18.2 Å². The number of aliphatic hydroxyl groups is 1. The molecule has 2 heterocycles. The first-order valence-corrected chi connectivity index (χ1v) is 7.50. The Kier molecular flexibility index (Phi) is 1.45. The Bertz CT molecular complexity index is 962. The molecule has 1 fully saturated rings. The zero-order valence-electron chi connectivity index (χ0n) is 19.1. The van der Waals surface area contributed by atoms with Gasteiger partial charge in [-0.05, 0) is 38.0 Å². The van der Waals surface area contributed by atoms with Crippen molar-refractivity contribution >= 4 is 0 Å². The van der Waals surface area contributed by atoms with Gasteiger partial charge in [-0.2, -0.15) is 0 Å². The molecule has 4 heteroatoms. The Morgan fingerprint density at radius 2 is 2.45 bits per heavy atom. The van der Waals surface area contributed by atoms with Gasteiger partial charge in [-0.25, -0.2) is 0 Å². The maximum absolute atomic E-state index is 10.9. The maximum Gasteiger partial charge on any atom is 0.165 e. The average molecular weight is 306 g/mol. The molecule has 1 aromatic carbocycles. The first-order valence-electron chi connectivity index (χ1n) is 11.0. The summed E-state index contributed by atoms with van der Waals surface area (Å²) in [4.78, 5) is 2.13. The topological polar surface area (TPSA) is 41.9 Å². The molecule has 2 aliphatic carbocycles. The van der Waals surface area contributed by atoms with Crippen LogP contribution in [-0.2, 0) is 11.8 Å². The second-order valence-corrected chi connectivity index (χ2v) is 6.54. The van der Waals surface area contributed by atoms with Crippen LogP contribution in [0.1, 0.15) is 27.1 Å². The fourth-order valence-corrected chi connectivity index (χ4v) is 4.78. The second kappa shape index (κ2) is 4.06. The van der Waals surface area contributed by atoms with Gasteiger partial charge in [0.15, 0.2) is 11.5 Å². The third kappa shape index (κ3) is 1.28. The molecule has 22 heavy (non-hydrogen) atoms. The summed E-state index contributed by atoms with van der Waals surface area (Å²) < 4.78 is 67.8. The Morgan fingerprint density at radius 1 is 1.55 bits per heavy atom. The molecule has 4 aliphatic rings. The van der Waals surface area contributed by atoms with Crippen LogP contribution < -0.4 is 9.47 Å². The summed E-state index contributed by atoms with van der Waals surface area (Å²) in [7, 11) is -0.923. The molecule has 2 aliphatic heterocycles. The van der Waals surface area contributed by atoms with Crippen molar-refractivity contribution in [1.82, 2.24) is 4.90 Å². The molecule has 0 aromatic heterocycles. The lowest BCUT2D eigenvalue weighted by atomic mass is 9.53. The van der Waals surface area contributed by atoms with Gasteiger partial charge in [0, 0.05) is 22.9 Å². The van der Waals surface area contributed by atoms with Crippen LogP contribution >= 0.6 is 0 Å². The molecule has 5 rings (SSSR count). The molecular weight excluding hydrogens is 278 g/mol. The van der Waals surface area contributed by atoms with Gasteiger partial charge in [-0.15, -0.1) is 0 Å². The van der Waals surface area contributed by atoms with Crippen molar-refractivity contribution in [3.05, 3.63) is 35.4 Å². The standard InChI is InChI=1S/C18H21NO3/c1-19-8-7-18-11-4-5-13(20)17(18)22-16-14(21-2)6-3-10(15(16)18)9-12(11)19/h3-6,11-13,17,20H,7-9H2,1-2H3/t11-,12+,13?,17?,18-/m0/s1/i2D3,3D,6D,13D,17D. The predicted molar refractivity (Wildman–Crippen MR) is 82.5 cm³/mol. The number of hydrogen-bond acceptors (Lipinski definition) is 4. The van der Waals surface area contributed by atoms with Gasteiger partial charge < -0.3 is 19.5 Å². The molecule has 1 spiro atoms. The molecule has 2 unspecified atom stereocenters. The van der Waals surface area contributed by atoms with Gasteiger partial charge in [0.2, 0.25) is 0 Å². The minimum Gasteiger partial charge on any atom is -0.493 e. The summed E-state index contributed by atoms with van der Waals surface area (Å²) in [5, 5.41) is 10.9. The number of nitrogens with zero attached hydrogens (tertiary/aromatic N) is 1. The van der Waals surface area contributed by atoms with Gasteiger partial charge in [0.25, 0.3) is 0 Å². The van der Waals surface area contributed by atoms with Crippen LogP contribution in [0.15, 0.2) is 24.2 Å². The summed E-state index contributed by atoms with van der Waals surface area (Å²) in [5.41, 5.74) is -0.164. The fourth-order valence-electron chi connectivity index (χ4n) is 4.78. The van der Waals surface area contributed by atoms with Crippen molar-refractivity contribution in [2.75, 3.05) is 20.6 Å². The Balaban J connectivity index is 1.88. The van der Waals surface area contributed by atoms with Crippen LogP contribution in [0, 0.1) is 5.92 Å². The van der Waals surface area contributed by atoms with Gasteiger partial charge >= 0.3 is 0 Å². The average Bonchev–Trinajstić information content (AvgIpc) is 2.88. The summed E-state index contributed by atoms with van der Waals surface area (Å²) in [6.07, 6.45) is -0.694. The summed E-state index contributed by atoms with van der Waals surface area (Å²) in [5.74, 6) is -0.764. The van der Waals surface area contributed by atoms with Gasteiger partial charge in [0.05, 0.1) is 16.6 Å². The van der Waals surface area contributed by atoms with E-state index in [-0.39, 0.29) is 23.8 Å². The monoisotopic (exact) mass is 306 g/mol. The Labute approximate surface area is 140 Å². The number of benzene rings is 1. The lowest BCUT2D eigenvalue weighted by Crippen LogP contribution is -2.64. The van der Waals surface area contributed by atoms with Crippen LogP contribution in [-0.4, -0.2) is 48.8 Å². The first-order chi connectivity index (χ1) is 13.3. The van der Waals surface area contributed by atoms with E-state index in [1.54, 1.807) is 6.08 Å². The van der Waals surface area contributed by atoms with E-state index in [0.717, 1.165) is 0 Å². The number of likely N-dealkylation sites (tertiary alicyclic amines) is 1. The van der Waals surface area contributed by atoms with E-state index >= 15 is 0 Å². The number of methoxy groups -OCH3 is 1. The lowest BCUT2D eigenvalue weighted by molar-refractivity contribution is -0.0453. The number of likely N-dealkylation sites (N-methyl/N-ethyl adjacent to an activating group) is 1. The fraction of sp³-hybridized carbons (Fsp3) is 0.556. The highest BCUT2D eigenvalue weighted by Gasteiger charge is 2.64. The zero-order valence-corrected chi connectivity index (χ0v) is 12.1. The highest BCUT2D eigenvalue weighted by atomic mass is 16.5. The minimum absolute atomic E-state index is 0.0826. The van der Waals surface area contributed by atoms with Crippen molar-refractivity contribution < 1.29 is 24.2 Å². The molecule has 5 atom stereocenters. The highest BCUT2D eigenvalue weighted by Crippen LogP contribution is 2.62. The number of ether oxygens (including phenoxy) is 2. The van der Waals surface area contributed by atoms with E-state index in [1.165, 1.54) is 6.08 Å². The summed E-state index contributed by atoms with van der Waals surface area (Å²) in [6.45, 7) is 0.597. The first kappa shape index (κ1) is 7.84. The quantitative estimate of drug-likeness (QED) is 0.799. The van der Waals surface area contributed by atoms with E-state index < -0.39 is 36.4 Å². The molecule has 0 saturated carbocycles. The van der Waals surface area contributed by atoms with Crippen LogP contribution in [0.4, 0.5) is 0 Å². The van der Waals surface area contributed by atoms with E-state index in [4.69, 9.17) is 19.1 Å². The molecule has 4 nitrogen and oxygen atoms in total. The number of hydrogen-bond donors (Lipinski definition) is 1. The largest absolute Gasteiger partial charge is 0.493 e. The molecule has 1 N–H and O–H groups in total. The molecule has 1 saturated heterocycles. The zero-order chi connectivity index (χ0) is 21.1. The van der Waals surface area contributed by atoms with Crippen LogP contribution in [0.3, 0.4) is 0 Å². The molecule has 1 aromatic rings. The van der Waals surface area contributed by atoms with Gasteiger partial charge in [-0.3, -0.25) is 0 Å². The van der Waals surface area contributed by atoms with Crippen molar-refractivity contribution in [2.24, 2.45) is 5.92 Å². The summed E-state index contributed by atoms with van der Waals surface area (Å²) >= 11 is 0. The third-order valence-electron chi connectivity index (χ3n) is 5.74. The second-order valence-electron chi connectivity index (χ2n) is 6.54. The van der Waals surface area contributed by atoms with Crippen molar-refractivity contribution in [3.8, 4) is 11.5 Å². The molecule has 0 amide bonds. The van der Waals surface area contributed by atoms with Gasteiger partial charge in [0.1, 0.15) is 12.2 Å². The van der Waals surface area contributed by atoms with E-state index in [2.05, 4.69) is 4.90 Å². The Morgan fingerprint density at radius 3 is 3.32 bits per heavy atom. The molecule has 116 valence electrons. The van der Waals surface area contributed by atoms with E-state index in [1.807, 2.05) is 7.05 Å². The molecular formula is C18H21NO3. The van der Waals surface area contributed by atoms with E-state index in [0.29, 0.717) is 30.5 Å². The van der Waals surface area contributed by atoms with Crippen LogP contribution in [0.5, 0.6) is 11.5 Å². The lowest BCUT2D eigenvalue weighted by Gasteiger charge is -2.56. The van der Waals surface area contributed by atoms with Crippen molar-refractivity contribution in [2.45, 2.75) is 36.5 Å². The normalized spacial score (nSPS) is 52.9. The number of piperidine rings is 1. The third-order valence-corrected chi connectivity index (χ3v) is 5.74. The Hall–Kier alpha value is -1.52. The maximum atomic E-state index is 10.9. The van der Waals surface area contributed by atoms with Crippen LogP contribution in [0.2, 0.25) is 0 Å². The smallest absolute Gasteiger partial charge is 0.165 e. The SMILES string of the molecule is [2H]c1c([2H])c(OC([2H])([2H])[2H])c2c3c1C[C@@H]1[C@@H]4C=CC([2H])(O)C([2H])(O2)[C@]34CCN1C. The molecule has 2 bridgehead atoms. The van der Waals surface area contributed by atoms with E-state index in [9.17, 15) is 5.11 Å². The van der Waals surface area contributed by atoms with Crippen molar-refractivity contribution in [1.29, 1.82) is 0 Å². The number of rotatable bonds is 1. The predicted octanol–water partition coefficient (Wildman–Crippen LogP) is 1.50. The minimum atomic E-state index is -2.88. The molecule has 0 radical (unpaired) electrons.